The molecule has 3 rings (SSSR count). The zero-order valence-electron chi connectivity index (χ0n) is 14.7. The fourth-order valence-corrected chi connectivity index (χ4v) is 3.15. The molecule has 0 aliphatic heterocycles. The van der Waals surface area contributed by atoms with Gasteiger partial charge in [0.2, 0.25) is 0 Å². The Labute approximate surface area is 153 Å². The highest BCUT2D eigenvalue weighted by molar-refractivity contribution is 6.04. The van der Waals surface area contributed by atoms with Crippen molar-refractivity contribution in [3.8, 4) is 5.75 Å². The molecule has 0 heterocycles. The summed E-state index contributed by atoms with van der Waals surface area (Å²) in [5.41, 5.74) is 0.980. The average Bonchev–Trinajstić information content (AvgIpc) is 2.68. The topological polar surface area (TPSA) is 67.4 Å². The fourth-order valence-electron chi connectivity index (χ4n) is 3.15. The van der Waals surface area contributed by atoms with Gasteiger partial charge in [0.25, 0.3) is 11.8 Å². The Balaban J connectivity index is 1.59. The summed E-state index contributed by atoms with van der Waals surface area (Å²) in [6, 6.07) is 16.4. The first-order chi connectivity index (χ1) is 12.7. The third-order valence-corrected chi connectivity index (χ3v) is 4.50. The summed E-state index contributed by atoms with van der Waals surface area (Å²) in [5.74, 6) is 0.189. The average molecular weight is 352 g/mol. The van der Waals surface area contributed by atoms with Crippen LogP contribution in [0.5, 0.6) is 5.75 Å². The maximum atomic E-state index is 12.6. The summed E-state index contributed by atoms with van der Waals surface area (Å²) in [4.78, 5) is 24.8. The predicted molar refractivity (Wildman–Crippen MR) is 101 cm³/mol. The van der Waals surface area contributed by atoms with Crippen LogP contribution in [0.4, 0.5) is 5.69 Å². The molecule has 0 aromatic heterocycles. The van der Waals surface area contributed by atoms with E-state index in [0.29, 0.717) is 17.0 Å². The molecule has 5 nitrogen and oxygen atoms in total. The largest absolute Gasteiger partial charge is 0.484 e. The molecule has 0 unspecified atom stereocenters. The van der Waals surface area contributed by atoms with Crippen molar-refractivity contribution in [3.63, 3.8) is 0 Å². The minimum atomic E-state index is -0.299. The Bertz CT molecular complexity index is 740. The molecule has 1 aliphatic rings. The predicted octanol–water partition coefficient (Wildman–Crippen LogP) is 3.77. The summed E-state index contributed by atoms with van der Waals surface area (Å²) in [6.45, 7) is -0.109. The summed E-state index contributed by atoms with van der Waals surface area (Å²) in [5, 5.41) is 5.86. The van der Waals surface area contributed by atoms with Gasteiger partial charge in [0.05, 0.1) is 11.3 Å². The number of amides is 2. The van der Waals surface area contributed by atoms with Crippen molar-refractivity contribution in [2.24, 2.45) is 0 Å². The lowest BCUT2D eigenvalue weighted by molar-refractivity contribution is -0.118. The molecule has 0 atom stereocenters. The Morgan fingerprint density at radius 1 is 0.923 bits per heavy atom. The Kier molecular flexibility index (Phi) is 6.25. The molecule has 1 fully saturated rings. The van der Waals surface area contributed by atoms with Crippen LogP contribution >= 0.6 is 0 Å². The smallest absolute Gasteiger partial charge is 0.262 e. The van der Waals surface area contributed by atoms with Crippen molar-refractivity contribution in [2.75, 3.05) is 11.9 Å². The van der Waals surface area contributed by atoms with E-state index in [1.807, 2.05) is 18.2 Å². The Morgan fingerprint density at radius 2 is 1.62 bits per heavy atom. The Morgan fingerprint density at radius 3 is 2.38 bits per heavy atom. The number of carbonyl (C=O) groups is 2. The van der Waals surface area contributed by atoms with Crippen molar-refractivity contribution in [1.29, 1.82) is 0 Å². The molecule has 5 heteroatoms. The van der Waals surface area contributed by atoms with Crippen molar-refractivity contribution in [3.05, 3.63) is 60.2 Å². The first-order valence-electron chi connectivity index (χ1n) is 9.10. The van der Waals surface area contributed by atoms with E-state index in [2.05, 4.69) is 10.6 Å². The summed E-state index contributed by atoms with van der Waals surface area (Å²) in [6.07, 6.45) is 5.58. The van der Waals surface area contributed by atoms with Gasteiger partial charge in [-0.3, -0.25) is 9.59 Å². The van der Waals surface area contributed by atoms with Gasteiger partial charge < -0.3 is 15.4 Å². The van der Waals surface area contributed by atoms with Crippen LogP contribution in [0.3, 0.4) is 0 Å². The number of hydrogen-bond acceptors (Lipinski definition) is 3. The van der Waals surface area contributed by atoms with Crippen LogP contribution in [-0.4, -0.2) is 24.5 Å². The van der Waals surface area contributed by atoms with Crippen molar-refractivity contribution < 1.29 is 14.3 Å². The van der Waals surface area contributed by atoms with E-state index in [1.54, 1.807) is 36.4 Å². The quantitative estimate of drug-likeness (QED) is 0.832. The number of benzene rings is 2. The van der Waals surface area contributed by atoms with E-state index >= 15 is 0 Å². The van der Waals surface area contributed by atoms with E-state index in [4.69, 9.17) is 4.74 Å². The standard InChI is InChI=1S/C21H24N2O3/c24-20(15-26-17-11-5-2-6-12-17)23-19-14-8-7-13-18(19)21(25)22-16-9-3-1-4-10-16/h2,5-8,11-14,16H,1,3-4,9-10,15H2,(H,22,25)(H,23,24). The minimum Gasteiger partial charge on any atom is -0.484 e. The van der Waals surface area contributed by atoms with Gasteiger partial charge in [-0.2, -0.15) is 0 Å². The van der Waals surface area contributed by atoms with Crippen LogP contribution in [0.25, 0.3) is 0 Å². The van der Waals surface area contributed by atoms with Gasteiger partial charge in [-0.15, -0.1) is 0 Å². The maximum Gasteiger partial charge on any atom is 0.262 e. The van der Waals surface area contributed by atoms with Gasteiger partial charge in [0.15, 0.2) is 6.61 Å². The van der Waals surface area contributed by atoms with E-state index in [0.717, 1.165) is 25.7 Å². The second kappa shape index (κ2) is 9.04. The fraction of sp³-hybridized carbons (Fsp3) is 0.333. The van der Waals surface area contributed by atoms with Crippen LogP contribution in [-0.2, 0) is 4.79 Å². The van der Waals surface area contributed by atoms with Gasteiger partial charge in [-0.25, -0.2) is 0 Å². The van der Waals surface area contributed by atoms with Crippen molar-refractivity contribution >= 4 is 17.5 Å². The molecular weight excluding hydrogens is 328 g/mol. The minimum absolute atomic E-state index is 0.109. The zero-order chi connectivity index (χ0) is 18.2. The SMILES string of the molecule is O=C(COc1ccccc1)Nc1ccccc1C(=O)NC1CCCCC1. The molecule has 0 bridgehead atoms. The summed E-state index contributed by atoms with van der Waals surface area (Å²) >= 11 is 0. The number of nitrogens with one attached hydrogen (secondary N) is 2. The van der Waals surface area contributed by atoms with Crippen LogP contribution in [0, 0.1) is 0 Å². The number of para-hydroxylation sites is 2. The highest BCUT2D eigenvalue weighted by Gasteiger charge is 2.19. The monoisotopic (exact) mass is 352 g/mol. The molecule has 2 aromatic carbocycles. The second-order valence-corrected chi connectivity index (χ2v) is 6.50. The number of carbonyl (C=O) groups excluding carboxylic acids is 2. The maximum absolute atomic E-state index is 12.6. The number of ether oxygens (including phenoxy) is 1. The van der Waals surface area contributed by atoms with Gasteiger partial charge >= 0.3 is 0 Å². The molecule has 0 radical (unpaired) electrons. The Hall–Kier alpha value is -2.82. The van der Waals surface area contributed by atoms with Gasteiger partial charge in [0, 0.05) is 6.04 Å². The third-order valence-electron chi connectivity index (χ3n) is 4.50. The molecule has 1 aliphatic carbocycles. The van der Waals surface area contributed by atoms with Gasteiger partial charge in [0.1, 0.15) is 5.75 Å². The summed E-state index contributed by atoms with van der Waals surface area (Å²) < 4.78 is 5.45. The van der Waals surface area contributed by atoms with E-state index in [1.165, 1.54) is 6.42 Å². The van der Waals surface area contributed by atoms with E-state index < -0.39 is 0 Å². The van der Waals surface area contributed by atoms with Gasteiger partial charge in [-0.1, -0.05) is 49.6 Å². The van der Waals surface area contributed by atoms with Crippen LogP contribution in [0.2, 0.25) is 0 Å². The molecule has 26 heavy (non-hydrogen) atoms. The third kappa shape index (κ3) is 5.09. The first kappa shape index (κ1) is 18.0. The second-order valence-electron chi connectivity index (χ2n) is 6.50. The lowest BCUT2D eigenvalue weighted by atomic mass is 9.95. The number of anilines is 1. The lowest BCUT2D eigenvalue weighted by Crippen LogP contribution is -2.36. The highest BCUT2D eigenvalue weighted by atomic mass is 16.5. The van der Waals surface area contributed by atoms with Crippen LogP contribution in [0.15, 0.2) is 54.6 Å². The zero-order valence-corrected chi connectivity index (χ0v) is 14.7. The van der Waals surface area contributed by atoms with Crippen molar-refractivity contribution in [1.82, 2.24) is 5.32 Å². The molecular formula is C21H24N2O3. The molecule has 136 valence electrons. The molecule has 2 N–H and O–H groups in total. The molecule has 0 saturated heterocycles. The molecule has 2 amide bonds. The normalized spacial score (nSPS) is 14.5. The van der Waals surface area contributed by atoms with Gasteiger partial charge in [-0.05, 0) is 37.1 Å². The van der Waals surface area contributed by atoms with Crippen molar-refractivity contribution in [2.45, 2.75) is 38.1 Å². The lowest BCUT2D eigenvalue weighted by Gasteiger charge is -2.23. The molecule has 1 saturated carbocycles. The van der Waals surface area contributed by atoms with E-state index in [-0.39, 0.29) is 24.5 Å². The number of hydrogen-bond donors (Lipinski definition) is 2. The summed E-state index contributed by atoms with van der Waals surface area (Å²) in [7, 11) is 0. The van der Waals surface area contributed by atoms with Crippen LogP contribution < -0.4 is 15.4 Å². The molecule has 2 aromatic rings. The van der Waals surface area contributed by atoms with E-state index in [9.17, 15) is 9.59 Å². The molecule has 0 spiro atoms. The van der Waals surface area contributed by atoms with Crippen LogP contribution in [0.1, 0.15) is 42.5 Å². The highest BCUT2D eigenvalue weighted by Crippen LogP contribution is 2.20. The number of rotatable bonds is 6. The first-order valence-corrected chi connectivity index (χ1v) is 9.10.